The first-order valence-electron chi connectivity index (χ1n) is 9.44. The minimum atomic E-state index is -0.508. The number of nitrogens with zero attached hydrogens (tertiary/aromatic N) is 3. The van der Waals surface area contributed by atoms with Gasteiger partial charge >= 0.3 is 5.69 Å². The van der Waals surface area contributed by atoms with Crippen molar-refractivity contribution >= 4 is 16.6 Å². The third-order valence-corrected chi connectivity index (χ3v) is 5.81. The highest BCUT2D eigenvalue weighted by molar-refractivity contribution is 5.83. The van der Waals surface area contributed by atoms with Crippen LogP contribution >= 0.6 is 0 Å². The van der Waals surface area contributed by atoms with Gasteiger partial charge in [-0.25, -0.2) is 0 Å². The topological polar surface area (TPSA) is 88.7 Å². The van der Waals surface area contributed by atoms with E-state index in [9.17, 15) is 10.1 Å². The zero-order valence-corrected chi connectivity index (χ0v) is 15.7. The number of rotatable bonds is 7. The first-order valence-corrected chi connectivity index (χ1v) is 9.44. The number of methoxy groups -OCH3 is 2. The molecule has 0 aliphatic heterocycles. The molecule has 1 heterocycles. The van der Waals surface area contributed by atoms with Gasteiger partial charge in [-0.05, 0) is 31.6 Å². The molecule has 0 saturated heterocycles. The summed E-state index contributed by atoms with van der Waals surface area (Å²) in [5, 5.41) is 16.9. The lowest BCUT2D eigenvalue weighted by Crippen LogP contribution is -2.38. The van der Waals surface area contributed by atoms with Crippen LogP contribution in [-0.4, -0.2) is 41.3 Å². The molecular formula is C19H25N3O5. The molecule has 27 heavy (non-hydrogen) atoms. The van der Waals surface area contributed by atoms with Gasteiger partial charge in [0.15, 0.2) is 11.5 Å². The number of benzene rings is 1. The predicted molar refractivity (Wildman–Crippen MR) is 98.9 cm³/mol. The van der Waals surface area contributed by atoms with Crippen LogP contribution in [0.5, 0.6) is 5.75 Å². The Morgan fingerprint density at radius 1 is 1.22 bits per heavy atom. The highest BCUT2D eigenvalue weighted by Gasteiger charge is 2.36. The number of hydrogen-bond acceptors (Lipinski definition) is 6. The SMILES string of the molecule is COC1(OC)CCC(n2cc3cc([N+](=O)[O-])c(OCC4CC4)cc3n2)CC1. The number of nitro benzene ring substituents is 1. The van der Waals surface area contributed by atoms with Crippen molar-refractivity contribution in [1.82, 2.24) is 9.78 Å². The zero-order chi connectivity index (χ0) is 19.0. The Hall–Kier alpha value is -2.19. The maximum absolute atomic E-state index is 11.4. The lowest BCUT2D eigenvalue weighted by molar-refractivity contribution is -0.385. The van der Waals surface area contributed by atoms with E-state index in [4.69, 9.17) is 14.2 Å². The largest absolute Gasteiger partial charge is 0.486 e. The van der Waals surface area contributed by atoms with Crippen LogP contribution in [0.25, 0.3) is 10.9 Å². The van der Waals surface area contributed by atoms with Crippen molar-refractivity contribution in [1.29, 1.82) is 0 Å². The summed E-state index contributed by atoms with van der Waals surface area (Å²) in [4.78, 5) is 11.1. The molecule has 0 amide bonds. The molecule has 1 aromatic carbocycles. The van der Waals surface area contributed by atoms with Gasteiger partial charge < -0.3 is 14.2 Å². The quantitative estimate of drug-likeness (QED) is 0.415. The van der Waals surface area contributed by atoms with Gasteiger partial charge in [-0.3, -0.25) is 14.8 Å². The fraction of sp³-hybridized carbons (Fsp3) is 0.632. The van der Waals surface area contributed by atoms with E-state index in [1.807, 2.05) is 10.9 Å². The van der Waals surface area contributed by atoms with E-state index < -0.39 is 5.79 Å². The molecule has 146 valence electrons. The number of fused-ring (bicyclic) bond motifs is 1. The van der Waals surface area contributed by atoms with Gasteiger partial charge in [-0.1, -0.05) is 0 Å². The fourth-order valence-corrected chi connectivity index (χ4v) is 3.80. The Bertz CT molecular complexity index is 831. The van der Waals surface area contributed by atoms with E-state index >= 15 is 0 Å². The van der Waals surface area contributed by atoms with Crippen LogP contribution in [0.4, 0.5) is 5.69 Å². The number of aromatic nitrogens is 2. The average Bonchev–Trinajstić information content (AvgIpc) is 3.43. The van der Waals surface area contributed by atoms with Crippen LogP contribution < -0.4 is 4.74 Å². The van der Waals surface area contributed by atoms with E-state index in [2.05, 4.69) is 5.10 Å². The van der Waals surface area contributed by atoms with E-state index in [1.165, 1.54) is 0 Å². The molecular weight excluding hydrogens is 350 g/mol. The highest BCUT2D eigenvalue weighted by Crippen LogP contribution is 2.39. The van der Waals surface area contributed by atoms with Crippen molar-refractivity contribution in [2.45, 2.75) is 50.4 Å². The molecule has 8 heteroatoms. The van der Waals surface area contributed by atoms with Crippen LogP contribution in [-0.2, 0) is 9.47 Å². The second kappa shape index (κ2) is 7.09. The first kappa shape index (κ1) is 18.2. The maximum Gasteiger partial charge on any atom is 0.311 e. The third-order valence-electron chi connectivity index (χ3n) is 5.81. The summed E-state index contributed by atoms with van der Waals surface area (Å²) in [5.74, 6) is 0.332. The van der Waals surface area contributed by atoms with E-state index in [0.29, 0.717) is 18.3 Å². The Morgan fingerprint density at radius 3 is 2.52 bits per heavy atom. The minimum Gasteiger partial charge on any atom is -0.486 e. The predicted octanol–water partition coefficient (Wildman–Crippen LogP) is 3.84. The van der Waals surface area contributed by atoms with Crippen molar-refractivity contribution in [3.05, 3.63) is 28.4 Å². The number of nitro groups is 1. The lowest BCUT2D eigenvalue weighted by atomic mass is 9.90. The fourth-order valence-electron chi connectivity index (χ4n) is 3.80. The van der Waals surface area contributed by atoms with E-state index in [-0.39, 0.29) is 16.7 Å². The second-order valence-electron chi connectivity index (χ2n) is 7.55. The van der Waals surface area contributed by atoms with Gasteiger partial charge in [0.2, 0.25) is 0 Å². The van der Waals surface area contributed by atoms with Crippen LogP contribution in [0.15, 0.2) is 18.3 Å². The normalized spacial score (nSPS) is 20.1. The molecule has 0 spiro atoms. The smallest absolute Gasteiger partial charge is 0.311 e. The molecule has 2 aliphatic carbocycles. The molecule has 0 unspecified atom stereocenters. The zero-order valence-electron chi connectivity index (χ0n) is 15.7. The molecule has 8 nitrogen and oxygen atoms in total. The molecule has 2 aliphatic rings. The molecule has 2 saturated carbocycles. The molecule has 0 atom stereocenters. The van der Waals surface area contributed by atoms with Crippen molar-refractivity contribution < 1.29 is 19.1 Å². The van der Waals surface area contributed by atoms with Crippen molar-refractivity contribution in [3.63, 3.8) is 0 Å². The summed E-state index contributed by atoms with van der Waals surface area (Å²) in [7, 11) is 3.35. The van der Waals surface area contributed by atoms with Gasteiger partial charge in [-0.15, -0.1) is 0 Å². The molecule has 4 rings (SSSR count). The lowest BCUT2D eigenvalue weighted by Gasteiger charge is -2.37. The monoisotopic (exact) mass is 375 g/mol. The van der Waals surface area contributed by atoms with Crippen LogP contribution in [0, 0.1) is 16.0 Å². The Balaban J connectivity index is 1.57. The van der Waals surface area contributed by atoms with Crippen LogP contribution in [0.2, 0.25) is 0 Å². The molecule has 2 fully saturated rings. The summed E-state index contributed by atoms with van der Waals surface area (Å²) in [6, 6.07) is 3.49. The Labute approximate surface area is 157 Å². The summed E-state index contributed by atoms with van der Waals surface area (Å²) < 4.78 is 18.7. The first-order chi connectivity index (χ1) is 13.0. The van der Waals surface area contributed by atoms with Gasteiger partial charge in [0.1, 0.15) is 0 Å². The number of hydrogen-bond donors (Lipinski definition) is 0. The third kappa shape index (κ3) is 3.64. The summed E-state index contributed by atoms with van der Waals surface area (Å²) >= 11 is 0. The van der Waals surface area contributed by atoms with Crippen LogP contribution in [0.1, 0.15) is 44.6 Å². The van der Waals surface area contributed by atoms with Crippen LogP contribution in [0.3, 0.4) is 0 Å². The molecule has 0 N–H and O–H groups in total. The van der Waals surface area contributed by atoms with E-state index in [1.54, 1.807) is 26.4 Å². The number of ether oxygens (including phenoxy) is 3. The van der Waals surface area contributed by atoms with Gasteiger partial charge in [-0.2, -0.15) is 5.10 Å². The molecule has 1 aromatic heterocycles. The highest BCUT2D eigenvalue weighted by atomic mass is 16.7. The Kier molecular flexibility index (Phi) is 4.77. The molecule has 0 bridgehead atoms. The maximum atomic E-state index is 11.4. The minimum absolute atomic E-state index is 0.00382. The summed E-state index contributed by atoms with van der Waals surface area (Å²) in [5.41, 5.74) is 0.728. The Morgan fingerprint density at radius 2 is 1.93 bits per heavy atom. The van der Waals surface area contributed by atoms with E-state index in [0.717, 1.165) is 49.4 Å². The van der Waals surface area contributed by atoms with Crippen molar-refractivity contribution in [2.24, 2.45) is 5.92 Å². The van der Waals surface area contributed by atoms with Crippen molar-refractivity contribution in [3.8, 4) is 5.75 Å². The molecule has 0 radical (unpaired) electrons. The van der Waals surface area contributed by atoms with Crippen molar-refractivity contribution in [2.75, 3.05) is 20.8 Å². The van der Waals surface area contributed by atoms with Gasteiger partial charge in [0.05, 0.1) is 23.1 Å². The summed E-state index contributed by atoms with van der Waals surface area (Å²) in [6.45, 7) is 0.534. The summed E-state index contributed by atoms with van der Waals surface area (Å²) in [6.07, 6.45) is 7.50. The standard InChI is InChI=1S/C19H25N3O5/c1-25-19(26-2)7-5-15(6-8-19)21-11-14-9-17(22(23)24)18(10-16(14)20-21)27-12-13-3-4-13/h9-11,13,15H,3-8,12H2,1-2H3. The average molecular weight is 375 g/mol. The molecule has 2 aromatic rings. The van der Waals surface area contributed by atoms with Gasteiger partial charge in [0.25, 0.3) is 0 Å². The second-order valence-corrected chi connectivity index (χ2v) is 7.55. The van der Waals surface area contributed by atoms with Gasteiger partial charge in [0, 0.05) is 50.8 Å².